The van der Waals surface area contributed by atoms with Crippen LogP contribution in [0.15, 0.2) is 46.9 Å². The molecule has 0 N–H and O–H groups in total. The van der Waals surface area contributed by atoms with Crippen molar-refractivity contribution >= 4 is 45.4 Å². The number of carbonyl (C=O) groups is 1. The fraction of sp³-hybridized carbons (Fsp3) is 0.0526. The summed E-state index contributed by atoms with van der Waals surface area (Å²) in [6.07, 6.45) is 0.664. The molecular weight excluding hydrogens is 444 g/mol. The average Bonchev–Trinajstić information content (AvgIpc) is 2.64. The lowest BCUT2D eigenvalue weighted by atomic mass is 10.0. The summed E-state index contributed by atoms with van der Waals surface area (Å²) in [5.41, 5.74) is 2.49. The maximum atomic E-state index is 13.8. The molecule has 0 spiro atoms. The van der Waals surface area contributed by atoms with Gasteiger partial charge in [0, 0.05) is 21.2 Å². The number of carbonyl (C=O) groups excluding carboxylic acids is 1. The third-order valence-electron chi connectivity index (χ3n) is 3.77. The van der Waals surface area contributed by atoms with Crippen molar-refractivity contribution in [1.29, 1.82) is 0 Å². The number of halogens is 4. The summed E-state index contributed by atoms with van der Waals surface area (Å²) in [5, 5.41) is 0.715. The largest absolute Gasteiger partial charge is 0.480 e. The number of aromatic nitrogens is 1. The Balaban J connectivity index is 2.19. The molecule has 2 aromatic carbocycles. The molecule has 0 atom stereocenters. The number of hydrogen-bond donors (Lipinski definition) is 0. The highest BCUT2D eigenvalue weighted by molar-refractivity contribution is 9.10. The maximum absolute atomic E-state index is 13.8. The lowest BCUT2D eigenvalue weighted by Crippen LogP contribution is -1.96. The van der Waals surface area contributed by atoms with E-state index in [-0.39, 0.29) is 5.88 Å². The van der Waals surface area contributed by atoms with Crippen LogP contribution in [0.25, 0.3) is 22.4 Å². The minimum atomic E-state index is -0.437. The van der Waals surface area contributed by atoms with Gasteiger partial charge in [-0.15, -0.1) is 0 Å². The molecule has 1 aromatic heterocycles. The van der Waals surface area contributed by atoms with Gasteiger partial charge in [-0.2, -0.15) is 0 Å². The molecule has 0 amide bonds. The molecule has 0 aliphatic rings. The van der Waals surface area contributed by atoms with Crippen LogP contribution >= 0.6 is 39.1 Å². The van der Waals surface area contributed by atoms with Gasteiger partial charge in [-0.05, 0) is 40.2 Å². The molecule has 0 saturated carbocycles. The van der Waals surface area contributed by atoms with E-state index in [9.17, 15) is 9.18 Å². The molecule has 0 saturated heterocycles. The number of nitrogens with zero attached hydrogens (tertiary/aromatic N) is 1. The molecule has 0 fully saturated rings. The molecule has 3 rings (SSSR count). The second-order valence-electron chi connectivity index (χ2n) is 5.33. The van der Waals surface area contributed by atoms with Gasteiger partial charge in [0.05, 0.1) is 28.4 Å². The Morgan fingerprint density at radius 2 is 1.81 bits per heavy atom. The van der Waals surface area contributed by atoms with E-state index in [1.165, 1.54) is 19.2 Å². The van der Waals surface area contributed by atoms with E-state index in [2.05, 4.69) is 20.9 Å². The monoisotopic (exact) mass is 453 g/mol. The van der Waals surface area contributed by atoms with Crippen molar-refractivity contribution in [1.82, 2.24) is 4.98 Å². The summed E-state index contributed by atoms with van der Waals surface area (Å²) in [7, 11) is 1.43. The van der Waals surface area contributed by atoms with E-state index >= 15 is 0 Å². The predicted octanol–water partition coefficient (Wildman–Crippen LogP) is 6.45. The van der Waals surface area contributed by atoms with Crippen molar-refractivity contribution in [3.63, 3.8) is 0 Å². The molecule has 0 unspecified atom stereocenters. The van der Waals surface area contributed by atoms with Crippen LogP contribution in [0.5, 0.6) is 5.88 Å². The summed E-state index contributed by atoms with van der Waals surface area (Å²) in [4.78, 5) is 15.4. The molecule has 26 heavy (non-hydrogen) atoms. The zero-order valence-electron chi connectivity index (χ0n) is 13.4. The quantitative estimate of drug-likeness (QED) is 0.336. The highest BCUT2D eigenvalue weighted by Gasteiger charge is 2.17. The molecule has 1 heterocycles. The second-order valence-corrected chi connectivity index (χ2v) is 6.94. The second kappa shape index (κ2) is 7.74. The van der Waals surface area contributed by atoms with Crippen LogP contribution in [-0.4, -0.2) is 18.4 Å². The van der Waals surface area contributed by atoms with E-state index in [0.29, 0.717) is 48.8 Å². The Morgan fingerprint density at radius 1 is 1.08 bits per heavy atom. The molecule has 0 aliphatic heterocycles. The zero-order chi connectivity index (χ0) is 18.8. The minimum Gasteiger partial charge on any atom is -0.480 e. The first-order valence-electron chi connectivity index (χ1n) is 7.40. The molecule has 7 heteroatoms. The number of hydrogen-bond acceptors (Lipinski definition) is 3. The van der Waals surface area contributed by atoms with Gasteiger partial charge in [0.15, 0.2) is 6.29 Å². The zero-order valence-corrected chi connectivity index (χ0v) is 16.5. The fourth-order valence-electron chi connectivity index (χ4n) is 2.54. The van der Waals surface area contributed by atoms with Gasteiger partial charge in [-0.25, -0.2) is 9.37 Å². The van der Waals surface area contributed by atoms with Crippen molar-refractivity contribution < 1.29 is 13.9 Å². The SMILES string of the molecule is COc1nc(-c2cccc(-c3cc(F)cc(Br)c3Cl)c2Cl)ccc1C=O. The van der Waals surface area contributed by atoms with E-state index in [0.717, 1.165) is 0 Å². The maximum Gasteiger partial charge on any atom is 0.224 e. The van der Waals surface area contributed by atoms with E-state index in [1.807, 2.05) is 0 Å². The molecule has 3 nitrogen and oxygen atoms in total. The Morgan fingerprint density at radius 3 is 2.50 bits per heavy atom. The number of methoxy groups -OCH3 is 1. The first-order valence-corrected chi connectivity index (χ1v) is 8.95. The van der Waals surface area contributed by atoms with Gasteiger partial charge in [0.1, 0.15) is 5.82 Å². The van der Waals surface area contributed by atoms with E-state index < -0.39 is 5.82 Å². The summed E-state index contributed by atoms with van der Waals surface area (Å²) in [6, 6.07) is 11.2. The number of benzene rings is 2. The highest BCUT2D eigenvalue weighted by atomic mass is 79.9. The summed E-state index contributed by atoms with van der Waals surface area (Å²) in [5.74, 6) is -0.238. The first-order chi connectivity index (χ1) is 12.5. The van der Waals surface area contributed by atoms with Crippen LogP contribution < -0.4 is 4.74 Å². The van der Waals surface area contributed by atoms with Crippen molar-refractivity contribution in [2.24, 2.45) is 0 Å². The van der Waals surface area contributed by atoms with Crippen molar-refractivity contribution in [3.05, 3.63) is 68.4 Å². The summed E-state index contributed by atoms with van der Waals surface area (Å²) >= 11 is 16.1. The Labute approximate surface area is 167 Å². The van der Waals surface area contributed by atoms with E-state index in [1.54, 1.807) is 30.3 Å². The Hall–Kier alpha value is -1.95. The molecule has 3 aromatic rings. The third-order valence-corrected chi connectivity index (χ3v) is 5.44. The van der Waals surface area contributed by atoms with Crippen LogP contribution in [0, 0.1) is 5.82 Å². The van der Waals surface area contributed by atoms with Gasteiger partial charge in [-0.1, -0.05) is 41.4 Å². The third kappa shape index (κ3) is 3.47. The fourth-order valence-corrected chi connectivity index (χ4v) is 3.51. The number of ether oxygens (including phenoxy) is 1. The molecular formula is C19H11BrCl2FNO2. The van der Waals surface area contributed by atoms with Gasteiger partial charge in [0.2, 0.25) is 5.88 Å². The van der Waals surface area contributed by atoms with Crippen molar-refractivity contribution in [3.8, 4) is 28.3 Å². The molecule has 0 aliphatic carbocycles. The van der Waals surface area contributed by atoms with Crippen molar-refractivity contribution in [2.75, 3.05) is 7.11 Å². The molecule has 132 valence electrons. The Kier molecular flexibility index (Phi) is 5.61. The van der Waals surface area contributed by atoms with Crippen LogP contribution in [0.4, 0.5) is 4.39 Å². The number of aldehydes is 1. The normalized spacial score (nSPS) is 10.7. The van der Waals surface area contributed by atoms with Crippen molar-refractivity contribution in [2.45, 2.75) is 0 Å². The van der Waals surface area contributed by atoms with Crippen LogP contribution in [-0.2, 0) is 0 Å². The predicted molar refractivity (Wildman–Crippen MR) is 105 cm³/mol. The van der Waals surface area contributed by atoms with Crippen LogP contribution in [0.2, 0.25) is 10.0 Å². The number of pyridine rings is 1. The van der Waals surface area contributed by atoms with Gasteiger partial charge < -0.3 is 4.74 Å². The first kappa shape index (κ1) is 18.8. The summed E-state index contributed by atoms with van der Waals surface area (Å²) < 4.78 is 19.4. The highest BCUT2D eigenvalue weighted by Crippen LogP contribution is 2.41. The van der Waals surface area contributed by atoms with Gasteiger partial charge >= 0.3 is 0 Å². The lowest BCUT2D eigenvalue weighted by molar-refractivity contribution is 0.112. The van der Waals surface area contributed by atoms with Crippen LogP contribution in [0.3, 0.4) is 0 Å². The van der Waals surface area contributed by atoms with Gasteiger partial charge in [-0.3, -0.25) is 4.79 Å². The standard InChI is InChI=1S/C19H11BrCl2FNO2/c1-26-19-10(9-25)5-6-16(24-19)13-4-2-3-12(17(13)21)14-7-11(23)8-15(20)18(14)22/h2-9H,1H3. The number of rotatable bonds is 4. The molecule has 0 radical (unpaired) electrons. The summed E-state index contributed by atoms with van der Waals surface area (Å²) in [6.45, 7) is 0. The van der Waals surface area contributed by atoms with Gasteiger partial charge in [0.25, 0.3) is 0 Å². The van der Waals surface area contributed by atoms with E-state index in [4.69, 9.17) is 27.9 Å². The smallest absolute Gasteiger partial charge is 0.224 e. The lowest BCUT2D eigenvalue weighted by Gasteiger charge is -2.13. The Bertz CT molecular complexity index is 1010. The van der Waals surface area contributed by atoms with Crippen LogP contribution in [0.1, 0.15) is 10.4 Å². The minimum absolute atomic E-state index is 0.200. The molecule has 0 bridgehead atoms. The average molecular weight is 455 g/mol. The topological polar surface area (TPSA) is 39.2 Å².